The van der Waals surface area contributed by atoms with E-state index in [0.717, 1.165) is 4.90 Å². The lowest BCUT2D eigenvalue weighted by atomic mass is 10.1. The molecule has 0 aromatic carbocycles. The Morgan fingerprint density at radius 3 is 1.96 bits per heavy atom. The molecule has 6 amide bonds. The Morgan fingerprint density at radius 2 is 1.43 bits per heavy atom. The molecule has 1 fully saturated rings. The maximum Gasteiger partial charge on any atom is 0.229 e. The molecule has 28 heavy (non-hydrogen) atoms. The highest BCUT2D eigenvalue weighted by atomic mass is 16.2. The predicted octanol–water partition coefficient (Wildman–Crippen LogP) is -1.86. The fourth-order valence-electron chi connectivity index (χ4n) is 2.68. The first-order valence-corrected chi connectivity index (χ1v) is 9.24. The van der Waals surface area contributed by atoms with Crippen molar-refractivity contribution in [1.29, 1.82) is 0 Å². The lowest BCUT2D eigenvalue weighted by Crippen LogP contribution is -2.40. The van der Waals surface area contributed by atoms with Gasteiger partial charge in [0.25, 0.3) is 0 Å². The zero-order valence-corrected chi connectivity index (χ0v) is 15.7. The molecule has 11 heteroatoms. The van der Waals surface area contributed by atoms with Gasteiger partial charge in [0.1, 0.15) is 6.17 Å². The van der Waals surface area contributed by atoms with Gasteiger partial charge in [-0.3, -0.25) is 33.7 Å². The van der Waals surface area contributed by atoms with Gasteiger partial charge in [-0.15, -0.1) is 0 Å². The number of imide groups is 1. The van der Waals surface area contributed by atoms with Gasteiger partial charge in [-0.1, -0.05) is 0 Å². The number of rotatable bonds is 15. The molecule has 1 aliphatic rings. The molecular formula is C17H27N5O6. The van der Waals surface area contributed by atoms with Crippen molar-refractivity contribution < 1.29 is 28.8 Å². The zero-order valence-electron chi connectivity index (χ0n) is 15.7. The van der Waals surface area contributed by atoms with Gasteiger partial charge in [0.05, 0.1) is 0 Å². The molecule has 1 rings (SSSR count). The average molecular weight is 397 g/mol. The third kappa shape index (κ3) is 9.10. The molecule has 0 aliphatic carbocycles. The quantitative estimate of drug-likeness (QED) is 0.110. The number of nitrogens with one attached hydrogen (secondary N) is 4. The number of likely N-dealkylation sites (tertiary alicyclic amines) is 1. The average Bonchev–Trinajstić information content (AvgIpc) is 2.98. The fraction of sp³-hybridized carbons (Fsp3) is 0.647. The molecule has 0 bridgehead atoms. The van der Waals surface area contributed by atoms with Crippen LogP contribution in [0.25, 0.3) is 0 Å². The van der Waals surface area contributed by atoms with E-state index in [2.05, 4.69) is 21.3 Å². The molecule has 156 valence electrons. The summed E-state index contributed by atoms with van der Waals surface area (Å²) >= 11 is 0. The number of carbonyl (C=O) groups is 6. The summed E-state index contributed by atoms with van der Waals surface area (Å²) in [6, 6.07) is 0. The first-order chi connectivity index (χ1) is 13.5. The van der Waals surface area contributed by atoms with E-state index >= 15 is 0 Å². The number of amides is 6. The maximum absolute atomic E-state index is 11.7. The van der Waals surface area contributed by atoms with Crippen molar-refractivity contribution in [2.24, 2.45) is 0 Å². The summed E-state index contributed by atoms with van der Waals surface area (Å²) < 4.78 is 0. The number of carbonyl (C=O) groups excluding carboxylic acids is 6. The van der Waals surface area contributed by atoms with Gasteiger partial charge in [-0.2, -0.15) is 0 Å². The summed E-state index contributed by atoms with van der Waals surface area (Å²) in [4.78, 5) is 68.1. The van der Waals surface area contributed by atoms with Gasteiger partial charge < -0.3 is 21.3 Å². The van der Waals surface area contributed by atoms with Gasteiger partial charge in [0.15, 0.2) is 0 Å². The molecule has 1 aliphatic heterocycles. The van der Waals surface area contributed by atoms with E-state index in [1.807, 2.05) is 0 Å². The number of nitrogens with zero attached hydrogens (tertiary/aromatic N) is 1. The van der Waals surface area contributed by atoms with Gasteiger partial charge in [0, 0.05) is 45.3 Å². The van der Waals surface area contributed by atoms with Crippen LogP contribution in [0.2, 0.25) is 0 Å². The van der Waals surface area contributed by atoms with Crippen molar-refractivity contribution >= 4 is 36.4 Å². The van der Waals surface area contributed by atoms with E-state index in [0.29, 0.717) is 38.5 Å². The third-order valence-corrected chi connectivity index (χ3v) is 4.17. The van der Waals surface area contributed by atoms with Crippen molar-refractivity contribution in [2.75, 3.05) is 19.6 Å². The highest BCUT2D eigenvalue weighted by molar-refractivity contribution is 6.02. The standard InChI is InChI=1S/C17H27N5O6/c23-11-20-13(21-12-24)3-1-2-4-14(25)18-8-9-19-15(26)7-10-22-16(27)5-6-17(22)28/h11-13H,1-10H2,(H,18,25)(H,19,26)(H,20,23)(H,21,24). The van der Waals surface area contributed by atoms with E-state index in [1.165, 1.54) is 0 Å². The Hall–Kier alpha value is -2.98. The van der Waals surface area contributed by atoms with E-state index in [1.54, 1.807) is 0 Å². The van der Waals surface area contributed by atoms with Gasteiger partial charge in [-0.05, 0) is 19.3 Å². The Kier molecular flexibility index (Phi) is 10.9. The molecule has 0 aromatic rings. The highest BCUT2D eigenvalue weighted by Gasteiger charge is 2.28. The van der Waals surface area contributed by atoms with Crippen molar-refractivity contribution in [3.8, 4) is 0 Å². The molecule has 0 spiro atoms. The van der Waals surface area contributed by atoms with Crippen LogP contribution in [-0.4, -0.2) is 67.1 Å². The SMILES string of the molecule is O=CNC(CCCCC(=O)NCCNC(=O)CCN1C(=O)CCC1=O)NC=O. The predicted molar refractivity (Wildman–Crippen MR) is 97.2 cm³/mol. The molecule has 1 heterocycles. The van der Waals surface area contributed by atoms with Crippen LogP contribution in [0.5, 0.6) is 0 Å². The molecular weight excluding hydrogens is 370 g/mol. The monoisotopic (exact) mass is 397 g/mol. The second-order valence-corrected chi connectivity index (χ2v) is 6.26. The molecule has 0 saturated carbocycles. The summed E-state index contributed by atoms with van der Waals surface area (Å²) in [5, 5.41) is 10.2. The van der Waals surface area contributed by atoms with Gasteiger partial charge >= 0.3 is 0 Å². The Balaban J connectivity index is 2.04. The molecule has 11 nitrogen and oxygen atoms in total. The van der Waals surface area contributed by atoms with Gasteiger partial charge in [-0.25, -0.2) is 0 Å². The van der Waals surface area contributed by atoms with E-state index in [9.17, 15) is 28.8 Å². The van der Waals surface area contributed by atoms with E-state index in [4.69, 9.17) is 0 Å². The smallest absolute Gasteiger partial charge is 0.229 e. The normalized spacial score (nSPS) is 13.4. The van der Waals surface area contributed by atoms with Crippen molar-refractivity contribution in [3.05, 3.63) is 0 Å². The summed E-state index contributed by atoms with van der Waals surface area (Å²) in [6.07, 6.45) is 3.05. The van der Waals surface area contributed by atoms with E-state index < -0.39 is 6.17 Å². The Labute approximate surface area is 163 Å². The molecule has 0 radical (unpaired) electrons. The van der Waals surface area contributed by atoms with Crippen LogP contribution in [0.15, 0.2) is 0 Å². The van der Waals surface area contributed by atoms with Crippen molar-refractivity contribution in [2.45, 2.75) is 51.1 Å². The first-order valence-electron chi connectivity index (χ1n) is 9.24. The summed E-state index contributed by atoms with van der Waals surface area (Å²) in [5.74, 6) is -0.954. The minimum atomic E-state index is -0.445. The molecule has 0 atom stereocenters. The summed E-state index contributed by atoms with van der Waals surface area (Å²) in [6.45, 7) is 0.601. The van der Waals surface area contributed by atoms with Crippen LogP contribution >= 0.6 is 0 Å². The second-order valence-electron chi connectivity index (χ2n) is 6.26. The molecule has 4 N–H and O–H groups in total. The van der Waals surface area contributed by atoms with Crippen molar-refractivity contribution in [3.63, 3.8) is 0 Å². The number of hydrogen-bond donors (Lipinski definition) is 4. The van der Waals surface area contributed by atoms with Crippen LogP contribution in [0.3, 0.4) is 0 Å². The van der Waals surface area contributed by atoms with Crippen LogP contribution in [-0.2, 0) is 28.8 Å². The largest absolute Gasteiger partial charge is 0.354 e. The van der Waals surface area contributed by atoms with Gasteiger partial charge in [0.2, 0.25) is 36.4 Å². The maximum atomic E-state index is 11.7. The van der Waals surface area contributed by atoms with Crippen LogP contribution < -0.4 is 21.3 Å². The van der Waals surface area contributed by atoms with Crippen LogP contribution in [0.4, 0.5) is 0 Å². The summed E-state index contributed by atoms with van der Waals surface area (Å²) in [5.41, 5.74) is 0. The number of hydrogen-bond acceptors (Lipinski definition) is 6. The minimum Gasteiger partial charge on any atom is -0.354 e. The lowest BCUT2D eigenvalue weighted by molar-refractivity contribution is -0.138. The third-order valence-electron chi connectivity index (χ3n) is 4.17. The second kappa shape index (κ2) is 13.2. The first kappa shape index (κ1) is 23.1. The molecule has 0 unspecified atom stereocenters. The Bertz CT molecular complexity index is 556. The highest BCUT2D eigenvalue weighted by Crippen LogP contribution is 2.11. The van der Waals surface area contributed by atoms with Crippen LogP contribution in [0.1, 0.15) is 44.9 Å². The van der Waals surface area contributed by atoms with Crippen molar-refractivity contribution in [1.82, 2.24) is 26.2 Å². The van der Waals surface area contributed by atoms with E-state index in [-0.39, 0.29) is 62.5 Å². The fourth-order valence-corrected chi connectivity index (χ4v) is 2.68. The Morgan fingerprint density at radius 1 is 0.893 bits per heavy atom. The molecule has 1 saturated heterocycles. The topological polar surface area (TPSA) is 154 Å². The zero-order chi connectivity index (χ0) is 20.8. The molecule has 0 aromatic heterocycles. The minimum absolute atomic E-state index is 0.0379. The lowest BCUT2D eigenvalue weighted by Gasteiger charge is -2.14. The van der Waals surface area contributed by atoms with Crippen LogP contribution in [0, 0.1) is 0 Å². The summed E-state index contributed by atoms with van der Waals surface area (Å²) in [7, 11) is 0. The number of unbranched alkanes of at least 4 members (excludes halogenated alkanes) is 1.